The minimum atomic E-state index is -0.626. The zero-order chi connectivity index (χ0) is 16.9. The van der Waals surface area contributed by atoms with E-state index in [9.17, 15) is 9.90 Å². The highest BCUT2D eigenvalue weighted by molar-refractivity contribution is 5.91. The van der Waals surface area contributed by atoms with Gasteiger partial charge in [0.2, 0.25) is 5.82 Å². The highest BCUT2D eigenvalue weighted by atomic mass is 16.3. The number of aliphatic hydroxyl groups is 1. The van der Waals surface area contributed by atoms with Gasteiger partial charge in [0.15, 0.2) is 5.82 Å². The van der Waals surface area contributed by atoms with Crippen LogP contribution in [0.15, 0.2) is 60.7 Å². The minimum absolute atomic E-state index is 0.0679. The van der Waals surface area contributed by atoms with Gasteiger partial charge >= 0.3 is 0 Å². The van der Waals surface area contributed by atoms with E-state index in [1.807, 2.05) is 60.7 Å². The van der Waals surface area contributed by atoms with Crippen LogP contribution in [0.3, 0.4) is 0 Å². The summed E-state index contributed by atoms with van der Waals surface area (Å²) >= 11 is 0. The van der Waals surface area contributed by atoms with Gasteiger partial charge < -0.3 is 10.4 Å². The maximum absolute atomic E-state index is 12.2. The number of hydrogen-bond donors (Lipinski definition) is 2. The van der Waals surface area contributed by atoms with E-state index in [1.165, 1.54) is 0 Å². The van der Waals surface area contributed by atoms with Crippen molar-refractivity contribution in [2.75, 3.05) is 6.54 Å². The third kappa shape index (κ3) is 3.49. The number of rotatable bonds is 5. The molecule has 1 aromatic heterocycles. The average Bonchev–Trinajstić information content (AvgIpc) is 3.06. The predicted molar refractivity (Wildman–Crippen MR) is 90.8 cm³/mol. The van der Waals surface area contributed by atoms with Crippen molar-refractivity contribution < 1.29 is 9.90 Å². The highest BCUT2D eigenvalue weighted by Crippen LogP contribution is 2.20. The zero-order valence-corrected chi connectivity index (χ0v) is 13.3. The molecule has 0 fully saturated rings. The minimum Gasteiger partial charge on any atom is -0.392 e. The molecule has 3 rings (SSSR count). The standard InChI is InChI=1S/C18H18N4O2/c1-13(23)12-19-18(24)16-20-17(14-8-4-2-5-9-14)22(21-16)15-10-6-3-7-11-15/h2-11,13,23H,12H2,1H3,(H,19,24). The lowest BCUT2D eigenvalue weighted by atomic mass is 10.2. The van der Waals surface area contributed by atoms with Crippen molar-refractivity contribution >= 4 is 5.91 Å². The molecule has 1 atom stereocenters. The second kappa shape index (κ2) is 7.06. The molecule has 0 aliphatic carbocycles. The maximum Gasteiger partial charge on any atom is 0.291 e. The number of hydrogen-bond acceptors (Lipinski definition) is 4. The van der Waals surface area contributed by atoms with E-state index in [1.54, 1.807) is 11.6 Å². The first-order chi connectivity index (χ1) is 11.6. The average molecular weight is 322 g/mol. The van der Waals surface area contributed by atoms with E-state index < -0.39 is 12.0 Å². The van der Waals surface area contributed by atoms with Crippen LogP contribution in [0.2, 0.25) is 0 Å². The van der Waals surface area contributed by atoms with Crippen molar-refractivity contribution in [2.24, 2.45) is 0 Å². The molecule has 1 heterocycles. The first kappa shape index (κ1) is 15.9. The fraction of sp³-hybridized carbons (Fsp3) is 0.167. The summed E-state index contributed by atoms with van der Waals surface area (Å²) in [7, 11) is 0. The molecule has 0 saturated heterocycles. The second-order valence-electron chi connectivity index (χ2n) is 5.43. The molecular weight excluding hydrogens is 304 g/mol. The van der Waals surface area contributed by atoms with E-state index >= 15 is 0 Å². The monoisotopic (exact) mass is 322 g/mol. The number of amides is 1. The van der Waals surface area contributed by atoms with Gasteiger partial charge in [-0.05, 0) is 19.1 Å². The Bertz CT molecular complexity index is 757. The van der Waals surface area contributed by atoms with Crippen LogP contribution in [0.4, 0.5) is 0 Å². The molecule has 0 spiro atoms. The first-order valence-electron chi connectivity index (χ1n) is 7.69. The van der Waals surface area contributed by atoms with Crippen LogP contribution < -0.4 is 5.32 Å². The summed E-state index contributed by atoms with van der Waals surface area (Å²) in [6.07, 6.45) is -0.626. The van der Waals surface area contributed by atoms with Crippen LogP contribution >= 0.6 is 0 Å². The third-order valence-electron chi connectivity index (χ3n) is 3.40. The van der Waals surface area contributed by atoms with E-state index in [4.69, 9.17) is 0 Å². The van der Waals surface area contributed by atoms with Crippen molar-refractivity contribution in [2.45, 2.75) is 13.0 Å². The first-order valence-corrected chi connectivity index (χ1v) is 7.69. The summed E-state index contributed by atoms with van der Waals surface area (Å²) in [5.41, 5.74) is 1.68. The molecule has 1 amide bonds. The summed E-state index contributed by atoms with van der Waals surface area (Å²) in [4.78, 5) is 16.6. The van der Waals surface area contributed by atoms with Crippen LogP contribution in [0.5, 0.6) is 0 Å². The number of carbonyl (C=O) groups is 1. The Morgan fingerprint density at radius 1 is 1.12 bits per heavy atom. The summed E-state index contributed by atoms with van der Waals surface area (Å²) in [5, 5.41) is 16.3. The van der Waals surface area contributed by atoms with Crippen molar-refractivity contribution in [3.8, 4) is 17.1 Å². The van der Waals surface area contributed by atoms with Crippen molar-refractivity contribution in [1.29, 1.82) is 0 Å². The van der Waals surface area contributed by atoms with Gasteiger partial charge in [-0.2, -0.15) is 0 Å². The SMILES string of the molecule is CC(O)CNC(=O)c1nc(-c2ccccc2)n(-c2ccccc2)n1. The number of benzene rings is 2. The van der Waals surface area contributed by atoms with Gasteiger partial charge in [-0.15, -0.1) is 5.10 Å². The second-order valence-corrected chi connectivity index (χ2v) is 5.43. The molecule has 3 aromatic rings. The summed E-state index contributed by atoms with van der Waals surface area (Å²) in [5.74, 6) is 0.241. The van der Waals surface area contributed by atoms with E-state index in [2.05, 4.69) is 15.4 Å². The molecule has 6 heteroatoms. The number of aromatic nitrogens is 3. The van der Waals surface area contributed by atoms with E-state index in [0.717, 1.165) is 11.3 Å². The molecule has 0 aliphatic heterocycles. The Morgan fingerprint density at radius 3 is 2.38 bits per heavy atom. The largest absolute Gasteiger partial charge is 0.392 e. The van der Waals surface area contributed by atoms with Gasteiger partial charge in [-0.25, -0.2) is 9.67 Å². The van der Waals surface area contributed by atoms with Crippen LogP contribution in [-0.2, 0) is 0 Å². The van der Waals surface area contributed by atoms with Gasteiger partial charge in [-0.3, -0.25) is 4.79 Å². The molecule has 0 radical (unpaired) electrons. The summed E-state index contributed by atoms with van der Waals surface area (Å²) in [6.45, 7) is 1.76. The maximum atomic E-state index is 12.2. The Kier molecular flexibility index (Phi) is 4.67. The van der Waals surface area contributed by atoms with Gasteiger partial charge in [-0.1, -0.05) is 48.5 Å². The number of para-hydroxylation sites is 1. The molecule has 0 bridgehead atoms. The molecule has 0 saturated carbocycles. The fourth-order valence-corrected chi connectivity index (χ4v) is 2.25. The highest BCUT2D eigenvalue weighted by Gasteiger charge is 2.18. The van der Waals surface area contributed by atoms with Gasteiger partial charge in [0.25, 0.3) is 5.91 Å². The summed E-state index contributed by atoms with van der Waals surface area (Å²) < 4.78 is 1.65. The smallest absolute Gasteiger partial charge is 0.291 e. The van der Waals surface area contributed by atoms with Crippen LogP contribution in [-0.4, -0.2) is 38.4 Å². The van der Waals surface area contributed by atoms with E-state index in [0.29, 0.717) is 5.82 Å². The number of carbonyl (C=O) groups excluding carboxylic acids is 1. The van der Waals surface area contributed by atoms with Crippen LogP contribution in [0.25, 0.3) is 17.1 Å². The lowest BCUT2D eigenvalue weighted by Crippen LogP contribution is -2.31. The number of nitrogens with one attached hydrogen (secondary N) is 1. The lowest BCUT2D eigenvalue weighted by Gasteiger charge is -2.05. The third-order valence-corrected chi connectivity index (χ3v) is 3.40. The number of aliphatic hydroxyl groups excluding tert-OH is 1. The molecule has 2 N–H and O–H groups in total. The molecule has 1 unspecified atom stereocenters. The van der Waals surface area contributed by atoms with Gasteiger partial charge in [0.1, 0.15) is 0 Å². The molecule has 6 nitrogen and oxygen atoms in total. The van der Waals surface area contributed by atoms with Gasteiger partial charge in [0, 0.05) is 12.1 Å². The topological polar surface area (TPSA) is 80.0 Å². The van der Waals surface area contributed by atoms with Crippen molar-refractivity contribution in [3.05, 3.63) is 66.5 Å². The number of nitrogens with zero attached hydrogens (tertiary/aromatic N) is 3. The van der Waals surface area contributed by atoms with E-state index in [-0.39, 0.29) is 12.4 Å². The lowest BCUT2D eigenvalue weighted by molar-refractivity contribution is 0.0914. The molecule has 0 aliphatic rings. The predicted octanol–water partition coefficient (Wildman–Crippen LogP) is 2.04. The van der Waals surface area contributed by atoms with Gasteiger partial charge in [0.05, 0.1) is 11.8 Å². The molecular formula is C18H18N4O2. The Labute approximate surface area is 139 Å². The fourth-order valence-electron chi connectivity index (χ4n) is 2.25. The Morgan fingerprint density at radius 2 is 1.75 bits per heavy atom. The Balaban J connectivity index is 2.02. The zero-order valence-electron chi connectivity index (χ0n) is 13.3. The molecule has 2 aromatic carbocycles. The van der Waals surface area contributed by atoms with Crippen molar-refractivity contribution in [3.63, 3.8) is 0 Å². The van der Waals surface area contributed by atoms with Crippen LogP contribution in [0, 0.1) is 0 Å². The van der Waals surface area contributed by atoms with Crippen LogP contribution in [0.1, 0.15) is 17.5 Å². The molecule has 24 heavy (non-hydrogen) atoms. The summed E-state index contributed by atoms with van der Waals surface area (Å²) in [6, 6.07) is 19.1. The quantitative estimate of drug-likeness (QED) is 0.753. The Hall–Kier alpha value is -2.99. The van der Waals surface area contributed by atoms with Crippen molar-refractivity contribution in [1.82, 2.24) is 20.1 Å². The normalized spacial score (nSPS) is 11.9. The molecule has 122 valence electrons.